The molecule has 0 atom stereocenters. The Balaban J connectivity index is 1.63. The van der Waals surface area contributed by atoms with Gasteiger partial charge in [-0.3, -0.25) is 20.2 Å². The smallest absolute Gasteiger partial charge is 0.270 e. The lowest BCUT2D eigenvalue weighted by Gasteiger charge is -2.18. The highest BCUT2D eigenvalue weighted by atomic mass is 16.6. The summed E-state index contributed by atoms with van der Waals surface area (Å²) in [5.74, 6) is -0.310. The number of aryl methyl sites for hydroxylation is 2. The molecule has 0 spiro atoms. The summed E-state index contributed by atoms with van der Waals surface area (Å²) in [5.41, 5.74) is 4.16. The second-order valence-corrected chi connectivity index (χ2v) is 5.99. The maximum absolute atomic E-state index is 12.4. The lowest BCUT2D eigenvalue weighted by molar-refractivity contribution is -0.384. The topological polar surface area (TPSA) is 98.0 Å². The van der Waals surface area contributed by atoms with E-state index in [9.17, 15) is 14.9 Å². The highest BCUT2D eigenvalue weighted by Gasteiger charge is 2.19. The zero-order valence-electron chi connectivity index (χ0n) is 13.7. The average molecular weight is 346 g/mol. The van der Waals surface area contributed by atoms with Crippen LogP contribution in [0.2, 0.25) is 0 Å². The number of hydrogen-bond acceptors (Lipinski definition) is 5. The van der Waals surface area contributed by atoms with Gasteiger partial charge in [-0.25, -0.2) is 9.97 Å². The van der Waals surface area contributed by atoms with Crippen LogP contribution in [-0.4, -0.2) is 20.8 Å². The van der Waals surface area contributed by atoms with Crippen LogP contribution >= 0.6 is 0 Å². The van der Waals surface area contributed by atoms with Crippen LogP contribution in [0.15, 0.2) is 54.7 Å². The summed E-state index contributed by atoms with van der Waals surface area (Å²) in [6.45, 7) is 0. The van der Waals surface area contributed by atoms with Gasteiger partial charge in [0.25, 0.3) is 11.6 Å². The van der Waals surface area contributed by atoms with Crippen molar-refractivity contribution in [1.82, 2.24) is 9.97 Å². The normalized spacial score (nSPS) is 12.0. The van der Waals surface area contributed by atoms with Gasteiger partial charge in [0.1, 0.15) is 0 Å². The number of carbonyl (C=O) groups excluding carboxylic acids is 1. The molecule has 0 radical (unpaired) electrons. The van der Waals surface area contributed by atoms with E-state index in [0.29, 0.717) is 0 Å². The van der Waals surface area contributed by atoms with E-state index in [2.05, 4.69) is 21.4 Å². The zero-order chi connectivity index (χ0) is 18.1. The molecule has 0 unspecified atom stereocenters. The van der Waals surface area contributed by atoms with Crippen molar-refractivity contribution < 1.29 is 9.72 Å². The minimum atomic E-state index is -0.539. The zero-order valence-corrected chi connectivity index (χ0v) is 13.7. The van der Waals surface area contributed by atoms with Crippen LogP contribution in [0.5, 0.6) is 0 Å². The van der Waals surface area contributed by atoms with Gasteiger partial charge in [-0.05, 0) is 30.0 Å². The third-order valence-electron chi connectivity index (χ3n) is 4.35. The van der Waals surface area contributed by atoms with Crippen molar-refractivity contribution in [3.8, 4) is 11.3 Å². The highest BCUT2D eigenvalue weighted by Crippen LogP contribution is 2.31. The lowest BCUT2D eigenvalue weighted by Crippen LogP contribution is -2.16. The van der Waals surface area contributed by atoms with E-state index in [4.69, 9.17) is 0 Å². The first-order valence-corrected chi connectivity index (χ1v) is 8.12. The van der Waals surface area contributed by atoms with Crippen LogP contribution in [0.25, 0.3) is 11.3 Å². The molecule has 7 nitrogen and oxygen atoms in total. The van der Waals surface area contributed by atoms with Gasteiger partial charge < -0.3 is 0 Å². The molecular formula is C19H14N4O3. The summed E-state index contributed by atoms with van der Waals surface area (Å²) in [5, 5.41) is 13.5. The van der Waals surface area contributed by atoms with E-state index in [1.165, 1.54) is 29.8 Å². The van der Waals surface area contributed by atoms with E-state index < -0.39 is 10.8 Å². The standard InChI is InChI=1S/C19H14N4O3/c24-18(13-5-3-6-15(10-13)23(25)26)22-19-20-11-14-9-8-12-4-1-2-7-16(12)17(14)21-19/h1-7,10-11H,8-9H2,(H,20,21,22,24). The van der Waals surface area contributed by atoms with Gasteiger partial charge in [-0.15, -0.1) is 0 Å². The fourth-order valence-electron chi connectivity index (χ4n) is 3.06. The maximum atomic E-state index is 12.4. The minimum Gasteiger partial charge on any atom is -0.290 e. The number of aromatic nitrogens is 2. The molecule has 1 N–H and O–H groups in total. The van der Waals surface area contributed by atoms with Gasteiger partial charge in [0, 0.05) is 29.5 Å². The number of nitro benzene ring substituents is 1. The molecule has 26 heavy (non-hydrogen) atoms. The largest absolute Gasteiger partial charge is 0.290 e. The number of nitrogens with one attached hydrogen (secondary N) is 1. The number of anilines is 1. The Bertz CT molecular complexity index is 1030. The number of non-ortho nitro benzene ring substituents is 1. The molecule has 0 saturated heterocycles. The Morgan fingerprint density at radius 1 is 1.08 bits per heavy atom. The Morgan fingerprint density at radius 2 is 1.88 bits per heavy atom. The molecule has 128 valence electrons. The lowest BCUT2D eigenvalue weighted by atomic mass is 9.90. The molecule has 7 heteroatoms. The van der Waals surface area contributed by atoms with Gasteiger partial charge in [0.05, 0.1) is 10.6 Å². The van der Waals surface area contributed by atoms with Crippen molar-refractivity contribution in [3.63, 3.8) is 0 Å². The molecular weight excluding hydrogens is 332 g/mol. The van der Waals surface area contributed by atoms with Crippen molar-refractivity contribution >= 4 is 17.5 Å². The minimum absolute atomic E-state index is 0.141. The van der Waals surface area contributed by atoms with Crippen LogP contribution in [-0.2, 0) is 12.8 Å². The SMILES string of the molecule is O=C(Nc1ncc2c(n1)-c1ccccc1CC2)c1cccc([N+](=O)[O-])c1. The Labute approximate surface area is 148 Å². The van der Waals surface area contributed by atoms with E-state index in [1.807, 2.05) is 18.2 Å². The van der Waals surface area contributed by atoms with Gasteiger partial charge in [-0.2, -0.15) is 0 Å². The predicted molar refractivity (Wildman–Crippen MR) is 95.9 cm³/mol. The molecule has 4 rings (SSSR count). The van der Waals surface area contributed by atoms with Crippen LogP contribution in [0.1, 0.15) is 21.5 Å². The van der Waals surface area contributed by atoms with Gasteiger partial charge in [-0.1, -0.05) is 30.3 Å². The van der Waals surface area contributed by atoms with Gasteiger partial charge >= 0.3 is 0 Å². The van der Waals surface area contributed by atoms with Gasteiger partial charge in [0.2, 0.25) is 5.95 Å². The van der Waals surface area contributed by atoms with Crippen LogP contribution in [0.4, 0.5) is 11.6 Å². The quantitative estimate of drug-likeness (QED) is 0.579. The summed E-state index contributed by atoms with van der Waals surface area (Å²) >= 11 is 0. The van der Waals surface area contributed by atoms with Crippen molar-refractivity contribution in [2.75, 3.05) is 5.32 Å². The predicted octanol–water partition coefficient (Wildman–Crippen LogP) is 3.40. The number of amides is 1. The van der Waals surface area contributed by atoms with Crippen LogP contribution in [0.3, 0.4) is 0 Å². The third-order valence-corrected chi connectivity index (χ3v) is 4.35. The van der Waals surface area contributed by atoms with Crippen LogP contribution in [0, 0.1) is 10.1 Å². The number of carbonyl (C=O) groups is 1. The van der Waals surface area contributed by atoms with Crippen molar-refractivity contribution in [1.29, 1.82) is 0 Å². The van der Waals surface area contributed by atoms with E-state index in [1.54, 1.807) is 6.20 Å². The number of rotatable bonds is 3. The van der Waals surface area contributed by atoms with Crippen molar-refractivity contribution in [2.45, 2.75) is 12.8 Å². The summed E-state index contributed by atoms with van der Waals surface area (Å²) < 4.78 is 0. The number of benzene rings is 2. The molecule has 2 aromatic carbocycles. The number of fused-ring (bicyclic) bond motifs is 3. The molecule has 1 aliphatic carbocycles. The van der Waals surface area contributed by atoms with E-state index in [0.717, 1.165) is 29.7 Å². The molecule has 0 aliphatic heterocycles. The first-order chi connectivity index (χ1) is 12.6. The number of nitrogens with zero attached hydrogens (tertiary/aromatic N) is 3. The molecule has 3 aromatic rings. The monoisotopic (exact) mass is 346 g/mol. The van der Waals surface area contributed by atoms with Crippen molar-refractivity contribution in [2.24, 2.45) is 0 Å². The molecule has 0 saturated carbocycles. The first-order valence-electron chi connectivity index (χ1n) is 8.12. The second kappa shape index (κ2) is 6.36. The van der Waals surface area contributed by atoms with E-state index in [-0.39, 0.29) is 17.2 Å². The van der Waals surface area contributed by atoms with Crippen LogP contribution < -0.4 is 5.32 Å². The maximum Gasteiger partial charge on any atom is 0.270 e. The fraction of sp³-hybridized carbons (Fsp3) is 0.105. The Hall–Kier alpha value is -3.61. The molecule has 1 amide bonds. The highest BCUT2D eigenvalue weighted by molar-refractivity contribution is 6.03. The fourth-order valence-corrected chi connectivity index (χ4v) is 3.06. The first kappa shape index (κ1) is 15.9. The number of hydrogen-bond donors (Lipinski definition) is 1. The average Bonchev–Trinajstić information content (AvgIpc) is 2.68. The summed E-state index contributed by atoms with van der Waals surface area (Å²) in [6.07, 6.45) is 3.51. The summed E-state index contributed by atoms with van der Waals surface area (Å²) in [6, 6.07) is 13.6. The van der Waals surface area contributed by atoms with Gasteiger partial charge in [0.15, 0.2) is 0 Å². The third kappa shape index (κ3) is 2.90. The van der Waals surface area contributed by atoms with Crippen molar-refractivity contribution in [3.05, 3.63) is 81.5 Å². The molecule has 0 fully saturated rings. The Kier molecular flexibility index (Phi) is 3.89. The Morgan fingerprint density at radius 3 is 2.73 bits per heavy atom. The molecule has 0 bridgehead atoms. The number of nitro groups is 1. The summed E-state index contributed by atoms with van der Waals surface area (Å²) in [4.78, 5) is 31.4. The van der Waals surface area contributed by atoms with E-state index >= 15 is 0 Å². The second-order valence-electron chi connectivity index (χ2n) is 5.99. The summed E-state index contributed by atoms with van der Waals surface area (Å²) in [7, 11) is 0. The molecule has 1 aliphatic rings. The molecule has 1 heterocycles. The molecule has 1 aromatic heterocycles.